The number of hydrogen-bond donors (Lipinski definition) is 1. The highest BCUT2D eigenvalue weighted by Gasteiger charge is 2.29. The molecule has 2 fully saturated rings. The molecule has 1 aliphatic heterocycles. The Morgan fingerprint density at radius 3 is 2.58 bits per heavy atom. The molecule has 0 spiro atoms. The summed E-state index contributed by atoms with van der Waals surface area (Å²) in [5.41, 5.74) is 7.56. The van der Waals surface area contributed by atoms with E-state index in [1.807, 2.05) is 30.9 Å². The third-order valence-corrected chi connectivity index (χ3v) is 10.8. The molecule has 1 N–H and O–H groups in total. The van der Waals surface area contributed by atoms with E-state index in [1.54, 1.807) is 11.3 Å². The van der Waals surface area contributed by atoms with Gasteiger partial charge in [0, 0.05) is 36.0 Å². The number of aromatic nitrogens is 3. The Morgan fingerprint density at radius 1 is 1.02 bits per heavy atom. The summed E-state index contributed by atoms with van der Waals surface area (Å²) in [5.74, 6) is 0.164. The fourth-order valence-corrected chi connectivity index (χ4v) is 8.24. The predicted octanol–water partition coefficient (Wildman–Crippen LogP) is 7.15. The number of pyridine rings is 1. The van der Waals surface area contributed by atoms with Crippen LogP contribution in [0.1, 0.15) is 71.1 Å². The van der Waals surface area contributed by atoms with Crippen molar-refractivity contribution in [1.82, 2.24) is 24.8 Å². The lowest BCUT2D eigenvalue weighted by atomic mass is 9.81. The number of benzene rings is 2. The minimum atomic E-state index is -0.223. The zero-order valence-electron chi connectivity index (χ0n) is 27.6. The summed E-state index contributed by atoms with van der Waals surface area (Å²) in [6, 6.07) is 18.6. The fourth-order valence-electron chi connectivity index (χ4n) is 7.35. The van der Waals surface area contributed by atoms with Gasteiger partial charge in [-0.3, -0.25) is 9.59 Å². The highest BCUT2D eigenvalue weighted by Crippen LogP contribution is 2.45. The summed E-state index contributed by atoms with van der Waals surface area (Å²) in [6.07, 6.45) is 6.00. The van der Waals surface area contributed by atoms with Crippen LogP contribution < -0.4 is 5.32 Å². The number of fused-ring (bicyclic) bond motifs is 2. The van der Waals surface area contributed by atoms with Gasteiger partial charge in [-0.15, -0.1) is 11.3 Å². The second-order valence-corrected chi connectivity index (χ2v) is 14.0. The van der Waals surface area contributed by atoms with Gasteiger partial charge in [0.25, 0.3) is 5.91 Å². The van der Waals surface area contributed by atoms with Crippen molar-refractivity contribution >= 4 is 45.0 Å². The number of morpholine rings is 1. The average molecular weight is 661 g/mol. The maximum atomic E-state index is 13.9. The highest BCUT2D eigenvalue weighted by molar-refractivity contribution is 7.15. The first-order valence-corrected chi connectivity index (χ1v) is 17.8. The quantitative estimate of drug-likeness (QED) is 0.177. The summed E-state index contributed by atoms with van der Waals surface area (Å²) in [5, 5.41) is 15.0. The van der Waals surface area contributed by atoms with Crippen LogP contribution in [0.2, 0.25) is 0 Å². The number of nitrogens with one attached hydrogen (secondary N) is 1. The van der Waals surface area contributed by atoms with Crippen LogP contribution in [0.4, 0.5) is 0 Å². The van der Waals surface area contributed by atoms with Crippen LogP contribution >= 0.6 is 11.3 Å². The fraction of sp³-hybridized carbons (Fsp3) is 0.395. The van der Waals surface area contributed by atoms with Crippen molar-refractivity contribution in [2.75, 3.05) is 32.8 Å². The van der Waals surface area contributed by atoms with Crippen LogP contribution in [-0.4, -0.2) is 64.1 Å². The average Bonchev–Trinajstić information content (AvgIpc) is 3.63. The minimum Gasteiger partial charge on any atom is -0.378 e. The van der Waals surface area contributed by atoms with Gasteiger partial charge in [0.1, 0.15) is 6.54 Å². The Labute approximate surface area is 284 Å². The summed E-state index contributed by atoms with van der Waals surface area (Å²) >= 11 is 1.66. The van der Waals surface area contributed by atoms with E-state index in [-0.39, 0.29) is 31.3 Å². The lowest BCUT2D eigenvalue weighted by Crippen LogP contribution is -2.42. The van der Waals surface area contributed by atoms with Crippen LogP contribution in [0.5, 0.6) is 0 Å². The van der Waals surface area contributed by atoms with Crippen LogP contribution in [-0.2, 0) is 16.1 Å². The van der Waals surface area contributed by atoms with Gasteiger partial charge in [0.2, 0.25) is 5.91 Å². The first-order valence-electron chi connectivity index (χ1n) is 16.9. The topological polar surface area (TPSA) is 113 Å². The molecule has 2 amide bonds. The third-order valence-electron chi connectivity index (χ3n) is 9.66. The van der Waals surface area contributed by atoms with Gasteiger partial charge in [-0.2, -0.15) is 5.26 Å². The van der Waals surface area contributed by atoms with E-state index in [0.717, 1.165) is 67.2 Å². The molecule has 9 nitrogen and oxygen atoms in total. The Kier molecular flexibility index (Phi) is 9.24. The predicted molar refractivity (Wildman–Crippen MR) is 189 cm³/mol. The second kappa shape index (κ2) is 13.9. The summed E-state index contributed by atoms with van der Waals surface area (Å²) < 4.78 is 7.69. The summed E-state index contributed by atoms with van der Waals surface area (Å²) in [4.78, 5) is 39.7. The number of rotatable bonds is 8. The largest absolute Gasteiger partial charge is 0.378 e. The van der Waals surface area contributed by atoms with Crippen molar-refractivity contribution in [3.8, 4) is 27.9 Å². The zero-order valence-corrected chi connectivity index (χ0v) is 28.4. The van der Waals surface area contributed by atoms with Crippen LogP contribution in [0.25, 0.3) is 43.6 Å². The lowest BCUT2D eigenvalue weighted by Gasteiger charge is -2.28. The zero-order chi connectivity index (χ0) is 33.2. The highest BCUT2D eigenvalue weighted by atomic mass is 32.1. The van der Waals surface area contributed by atoms with Gasteiger partial charge < -0.3 is 19.5 Å². The van der Waals surface area contributed by atoms with Crippen molar-refractivity contribution in [3.05, 3.63) is 70.4 Å². The van der Waals surface area contributed by atoms with Gasteiger partial charge in [-0.05, 0) is 74.1 Å². The normalized spacial score (nSPS) is 15.6. The molecule has 1 aliphatic carbocycles. The molecule has 5 aromatic rings. The van der Waals surface area contributed by atoms with E-state index in [2.05, 4.69) is 57.3 Å². The molecule has 4 heterocycles. The van der Waals surface area contributed by atoms with Crippen molar-refractivity contribution in [1.29, 1.82) is 5.26 Å². The molecule has 0 atom stereocenters. The molecular weight excluding hydrogens is 621 g/mol. The first-order chi connectivity index (χ1) is 23.4. The maximum Gasteiger partial charge on any atom is 0.251 e. The molecule has 7 rings (SSSR count). The van der Waals surface area contributed by atoms with Crippen molar-refractivity contribution in [2.24, 2.45) is 0 Å². The van der Waals surface area contributed by atoms with E-state index in [0.29, 0.717) is 37.8 Å². The van der Waals surface area contributed by atoms with Gasteiger partial charge in [-0.25, -0.2) is 9.97 Å². The molecule has 0 radical (unpaired) electrons. The summed E-state index contributed by atoms with van der Waals surface area (Å²) in [7, 11) is 0. The second-order valence-electron chi connectivity index (χ2n) is 12.8. The number of amides is 2. The van der Waals surface area contributed by atoms with E-state index < -0.39 is 0 Å². The number of nitrogens with zero attached hydrogens (tertiary/aromatic N) is 5. The van der Waals surface area contributed by atoms with Gasteiger partial charge >= 0.3 is 0 Å². The van der Waals surface area contributed by atoms with Crippen LogP contribution in [0.15, 0.2) is 48.5 Å². The molecule has 2 aromatic carbocycles. The van der Waals surface area contributed by atoms with Crippen molar-refractivity contribution in [3.63, 3.8) is 0 Å². The molecule has 10 heteroatoms. The first kappa shape index (κ1) is 32.0. The Hall–Kier alpha value is -4.59. The van der Waals surface area contributed by atoms with Crippen molar-refractivity contribution < 1.29 is 14.3 Å². The molecule has 3 aromatic heterocycles. The third kappa shape index (κ3) is 6.32. The minimum absolute atomic E-state index is 0.0397. The molecule has 2 aliphatic rings. The van der Waals surface area contributed by atoms with E-state index >= 15 is 0 Å². The number of nitriles is 1. The number of ether oxygens (including phenoxy) is 1. The van der Waals surface area contributed by atoms with Crippen LogP contribution in [0, 0.1) is 25.2 Å². The summed E-state index contributed by atoms with van der Waals surface area (Å²) in [6.45, 7) is 6.70. The standard InChI is InChI=1S/C38H40N6O3S/c1-24-37(48-25(2)41-24)32-14-10-27-21-28(11-13-31(27)42-32)36-35(26-7-4-3-5-8-26)30-12-9-29(38(46)40-16-6-15-39)22-33(30)44(36)23-34(45)43-17-19-47-20-18-43/h9-14,21-22,26H,3-8,16-20,23H2,1-2H3,(H,40,46). The SMILES string of the molecule is Cc1nc(C)c(-c2ccc3cc(-c4c(C5CCCCC5)c5ccc(C(=O)NCCC#N)cc5n4CC(=O)N4CCOCC4)ccc3n2)s1. The molecule has 48 heavy (non-hydrogen) atoms. The molecule has 1 saturated carbocycles. The Balaban J connectivity index is 1.39. The van der Waals surface area contributed by atoms with E-state index in [1.165, 1.54) is 24.8 Å². The smallest absolute Gasteiger partial charge is 0.251 e. The maximum absolute atomic E-state index is 13.9. The molecule has 0 bridgehead atoms. The van der Waals surface area contributed by atoms with Gasteiger partial charge in [-0.1, -0.05) is 37.5 Å². The molecule has 1 saturated heterocycles. The van der Waals surface area contributed by atoms with E-state index in [4.69, 9.17) is 15.0 Å². The number of aryl methyl sites for hydroxylation is 2. The number of hydrogen-bond acceptors (Lipinski definition) is 7. The number of carbonyl (C=O) groups is 2. The monoisotopic (exact) mass is 660 g/mol. The van der Waals surface area contributed by atoms with E-state index in [9.17, 15) is 9.59 Å². The van der Waals surface area contributed by atoms with Gasteiger partial charge in [0.15, 0.2) is 0 Å². The van der Waals surface area contributed by atoms with Gasteiger partial charge in [0.05, 0.1) is 63.7 Å². The molecule has 0 unspecified atom stereocenters. The van der Waals surface area contributed by atoms with Crippen LogP contribution in [0.3, 0.4) is 0 Å². The Morgan fingerprint density at radius 2 is 1.83 bits per heavy atom. The number of thiazole rings is 1. The molecular formula is C38H40N6O3S. The van der Waals surface area contributed by atoms with Crippen molar-refractivity contribution in [2.45, 2.75) is 64.8 Å². The Bertz CT molecular complexity index is 2050. The molecule has 246 valence electrons. The lowest BCUT2D eigenvalue weighted by molar-refractivity contribution is -0.135. The number of carbonyl (C=O) groups excluding carboxylic acids is 2.